The van der Waals surface area contributed by atoms with Gasteiger partial charge in [-0.2, -0.15) is 0 Å². The van der Waals surface area contributed by atoms with Crippen LogP contribution in [0, 0.1) is 6.92 Å². The number of hydrogen-bond donors (Lipinski definition) is 2. The van der Waals surface area contributed by atoms with Crippen LogP contribution in [0.15, 0.2) is 42.5 Å². The van der Waals surface area contributed by atoms with Crippen LogP contribution in [0.4, 0.5) is 11.4 Å². The van der Waals surface area contributed by atoms with E-state index in [1.165, 1.54) is 0 Å². The van der Waals surface area contributed by atoms with Crippen molar-refractivity contribution in [3.63, 3.8) is 0 Å². The van der Waals surface area contributed by atoms with E-state index in [1.54, 1.807) is 42.5 Å². The monoisotopic (exact) mass is 290 g/mol. The van der Waals surface area contributed by atoms with Crippen molar-refractivity contribution in [2.24, 2.45) is 0 Å². The quantitative estimate of drug-likeness (QED) is 0.850. The zero-order valence-corrected chi connectivity index (χ0v) is 11.8. The number of carbonyl (C=O) groups excluding carboxylic acids is 1. The van der Waals surface area contributed by atoms with Gasteiger partial charge in [0.05, 0.1) is 11.4 Å². The van der Waals surface area contributed by atoms with Gasteiger partial charge in [0, 0.05) is 5.02 Å². The number of hydrogen-bond acceptors (Lipinski definition) is 3. The molecule has 0 aliphatic carbocycles. The SMILES string of the molecule is Cc1cc(OCC(=O)Nc2ccccc2N)ccc1Cl. The lowest BCUT2D eigenvalue weighted by atomic mass is 10.2. The molecule has 0 atom stereocenters. The summed E-state index contributed by atoms with van der Waals surface area (Å²) in [4.78, 5) is 11.8. The van der Waals surface area contributed by atoms with Crippen LogP contribution >= 0.6 is 11.6 Å². The highest BCUT2D eigenvalue weighted by molar-refractivity contribution is 6.31. The predicted molar refractivity (Wildman–Crippen MR) is 81.2 cm³/mol. The molecule has 0 aromatic heterocycles. The Morgan fingerprint density at radius 3 is 2.75 bits per heavy atom. The number of nitrogens with two attached hydrogens (primary N) is 1. The second-order valence-corrected chi connectivity index (χ2v) is 4.74. The highest BCUT2D eigenvalue weighted by Crippen LogP contribution is 2.21. The van der Waals surface area contributed by atoms with Crippen LogP contribution in [0.1, 0.15) is 5.56 Å². The second-order valence-electron chi connectivity index (χ2n) is 4.34. The van der Waals surface area contributed by atoms with Gasteiger partial charge < -0.3 is 15.8 Å². The van der Waals surface area contributed by atoms with E-state index in [1.807, 2.05) is 6.92 Å². The molecule has 0 spiro atoms. The maximum atomic E-state index is 11.8. The molecule has 0 saturated heterocycles. The van der Waals surface area contributed by atoms with Gasteiger partial charge in [0.2, 0.25) is 0 Å². The molecule has 0 unspecified atom stereocenters. The third kappa shape index (κ3) is 3.65. The number of ether oxygens (including phenoxy) is 1. The number of halogens is 1. The van der Waals surface area contributed by atoms with Crippen LogP contribution in [-0.4, -0.2) is 12.5 Å². The van der Waals surface area contributed by atoms with Gasteiger partial charge in [-0.15, -0.1) is 0 Å². The first-order chi connectivity index (χ1) is 9.56. The van der Waals surface area contributed by atoms with E-state index in [-0.39, 0.29) is 12.5 Å². The van der Waals surface area contributed by atoms with Gasteiger partial charge in [-0.1, -0.05) is 23.7 Å². The Hall–Kier alpha value is -2.20. The molecule has 2 aromatic rings. The third-order valence-electron chi connectivity index (χ3n) is 2.73. The van der Waals surface area contributed by atoms with Gasteiger partial charge in [-0.05, 0) is 42.8 Å². The van der Waals surface area contributed by atoms with Crippen LogP contribution in [-0.2, 0) is 4.79 Å². The summed E-state index contributed by atoms with van der Waals surface area (Å²) in [6, 6.07) is 12.3. The first-order valence-corrected chi connectivity index (χ1v) is 6.47. The minimum absolute atomic E-state index is 0.0879. The molecule has 20 heavy (non-hydrogen) atoms. The zero-order chi connectivity index (χ0) is 14.5. The van der Waals surface area contributed by atoms with Crippen molar-refractivity contribution in [3.05, 3.63) is 53.1 Å². The van der Waals surface area contributed by atoms with Crippen molar-refractivity contribution in [1.29, 1.82) is 0 Å². The van der Waals surface area contributed by atoms with E-state index >= 15 is 0 Å². The molecule has 0 heterocycles. The highest BCUT2D eigenvalue weighted by atomic mass is 35.5. The van der Waals surface area contributed by atoms with Crippen LogP contribution in [0.25, 0.3) is 0 Å². The smallest absolute Gasteiger partial charge is 0.262 e. The van der Waals surface area contributed by atoms with Crippen LogP contribution in [0.2, 0.25) is 5.02 Å². The number of benzene rings is 2. The Morgan fingerprint density at radius 2 is 2.05 bits per heavy atom. The second kappa shape index (κ2) is 6.30. The zero-order valence-electron chi connectivity index (χ0n) is 11.0. The highest BCUT2D eigenvalue weighted by Gasteiger charge is 2.06. The average Bonchev–Trinajstić information content (AvgIpc) is 2.43. The lowest BCUT2D eigenvalue weighted by Crippen LogP contribution is -2.20. The Balaban J connectivity index is 1.92. The number of nitrogen functional groups attached to an aromatic ring is 1. The molecule has 0 fully saturated rings. The van der Waals surface area contributed by atoms with Gasteiger partial charge in [0.25, 0.3) is 5.91 Å². The molecule has 0 bridgehead atoms. The summed E-state index contributed by atoms with van der Waals surface area (Å²) in [6.07, 6.45) is 0. The topological polar surface area (TPSA) is 64.3 Å². The van der Waals surface area contributed by atoms with Gasteiger partial charge in [-0.25, -0.2) is 0 Å². The largest absolute Gasteiger partial charge is 0.484 e. The van der Waals surface area contributed by atoms with Crippen LogP contribution in [0.5, 0.6) is 5.75 Å². The van der Waals surface area contributed by atoms with E-state index in [0.717, 1.165) is 5.56 Å². The van der Waals surface area contributed by atoms with Gasteiger partial charge >= 0.3 is 0 Å². The fourth-order valence-electron chi connectivity index (χ4n) is 1.65. The first-order valence-electron chi connectivity index (χ1n) is 6.09. The molecule has 1 amide bonds. The maximum absolute atomic E-state index is 11.8. The summed E-state index contributed by atoms with van der Waals surface area (Å²) >= 11 is 5.92. The van der Waals surface area contributed by atoms with Crippen molar-refractivity contribution in [3.8, 4) is 5.75 Å². The lowest BCUT2D eigenvalue weighted by Gasteiger charge is -2.10. The molecule has 2 aromatic carbocycles. The number of para-hydroxylation sites is 2. The molecule has 0 aliphatic rings. The summed E-state index contributed by atoms with van der Waals surface area (Å²) in [6.45, 7) is 1.79. The Labute approximate surface area is 122 Å². The number of nitrogens with one attached hydrogen (secondary N) is 1. The van der Waals surface area contributed by atoms with Crippen LogP contribution in [0.3, 0.4) is 0 Å². The Kier molecular flexibility index (Phi) is 4.48. The summed E-state index contributed by atoms with van der Waals surface area (Å²) < 4.78 is 5.40. The molecule has 2 rings (SSSR count). The number of anilines is 2. The summed E-state index contributed by atoms with van der Waals surface area (Å²) in [5.41, 5.74) is 7.74. The molecular weight excluding hydrogens is 276 g/mol. The average molecular weight is 291 g/mol. The standard InChI is InChI=1S/C15H15ClN2O2/c1-10-8-11(6-7-12(10)16)20-9-15(19)18-14-5-3-2-4-13(14)17/h2-8H,9,17H2,1H3,(H,18,19). The normalized spacial score (nSPS) is 10.1. The minimum atomic E-state index is -0.268. The molecule has 0 radical (unpaired) electrons. The summed E-state index contributed by atoms with van der Waals surface area (Å²) in [7, 11) is 0. The number of amides is 1. The van der Waals surface area contributed by atoms with Crippen molar-refractivity contribution in [2.75, 3.05) is 17.7 Å². The minimum Gasteiger partial charge on any atom is -0.484 e. The Morgan fingerprint density at radius 1 is 1.30 bits per heavy atom. The van der Waals surface area contributed by atoms with E-state index in [2.05, 4.69) is 5.32 Å². The lowest BCUT2D eigenvalue weighted by molar-refractivity contribution is -0.118. The predicted octanol–water partition coefficient (Wildman–Crippen LogP) is 3.25. The fraction of sp³-hybridized carbons (Fsp3) is 0.133. The number of aryl methyl sites for hydroxylation is 1. The van der Waals surface area contributed by atoms with Crippen LogP contribution < -0.4 is 15.8 Å². The molecule has 104 valence electrons. The molecular formula is C15H15ClN2O2. The molecule has 4 nitrogen and oxygen atoms in total. The summed E-state index contributed by atoms with van der Waals surface area (Å²) in [5.74, 6) is 0.332. The van der Waals surface area contributed by atoms with Gasteiger partial charge in [0.15, 0.2) is 6.61 Å². The molecule has 0 aliphatic heterocycles. The number of carbonyl (C=O) groups is 1. The third-order valence-corrected chi connectivity index (χ3v) is 3.16. The van der Waals surface area contributed by atoms with Crippen molar-refractivity contribution < 1.29 is 9.53 Å². The van der Waals surface area contributed by atoms with E-state index in [9.17, 15) is 4.79 Å². The maximum Gasteiger partial charge on any atom is 0.262 e. The van der Waals surface area contributed by atoms with Gasteiger partial charge in [-0.3, -0.25) is 4.79 Å². The summed E-state index contributed by atoms with van der Waals surface area (Å²) in [5, 5.41) is 3.36. The van der Waals surface area contributed by atoms with Crippen molar-refractivity contribution >= 4 is 28.9 Å². The number of rotatable bonds is 4. The fourth-order valence-corrected chi connectivity index (χ4v) is 1.77. The van der Waals surface area contributed by atoms with E-state index in [0.29, 0.717) is 22.1 Å². The van der Waals surface area contributed by atoms with E-state index in [4.69, 9.17) is 22.1 Å². The van der Waals surface area contributed by atoms with E-state index < -0.39 is 0 Å². The molecule has 3 N–H and O–H groups in total. The van der Waals surface area contributed by atoms with Gasteiger partial charge in [0.1, 0.15) is 5.75 Å². The molecule has 0 saturated carbocycles. The van der Waals surface area contributed by atoms with Crippen molar-refractivity contribution in [1.82, 2.24) is 0 Å². The van der Waals surface area contributed by atoms with Crippen molar-refractivity contribution in [2.45, 2.75) is 6.92 Å². The Bertz CT molecular complexity index is 629. The molecule has 5 heteroatoms. The first kappa shape index (κ1) is 14.2.